The zero-order valence-electron chi connectivity index (χ0n) is 6.20. The second-order valence-electron chi connectivity index (χ2n) is 2.32. The van der Waals surface area contributed by atoms with Crippen molar-refractivity contribution in [2.75, 3.05) is 0 Å². The average Bonchev–Trinajstić information content (AvgIpc) is 2.31. The number of carbonyl (C=O) groups is 1. The van der Waals surface area contributed by atoms with Gasteiger partial charge in [-0.25, -0.2) is 0 Å². The lowest BCUT2D eigenvalue weighted by atomic mass is 10.1. The van der Waals surface area contributed by atoms with Gasteiger partial charge >= 0.3 is 5.97 Å². The van der Waals surface area contributed by atoms with Gasteiger partial charge in [0.2, 0.25) is 0 Å². The molecular formula is C7H9NO2S. The molecule has 0 aliphatic heterocycles. The molecule has 1 aromatic heterocycles. The summed E-state index contributed by atoms with van der Waals surface area (Å²) >= 11 is 1.37. The molecule has 0 spiro atoms. The Balaban J connectivity index is 2.51. The van der Waals surface area contributed by atoms with Gasteiger partial charge in [-0.2, -0.15) is 4.37 Å². The molecule has 0 aromatic carbocycles. The first-order chi connectivity index (χ1) is 5.20. The third kappa shape index (κ3) is 2.31. The molecule has 3 nitrogen and oxygen atoms in total. The summed E-state index contributed by atoms with van der Waals surface area (Å²) in [4.78, 5) is 10.2. The predicted octanol–water partition coefficient (Wildman–Crippen LogP) is 1.47. The maximum absolute atomic E-state index is 10.2. The minimum absolute atomic E-state index is 0.194. The second kappa shape index (κ2) is 3.48. The Kier molecular flexibility index (Phi) is 2.59. The van der Waals surface area contributed by atoms with E-state index in [9.17, 15) is 4.79 Å². The third-order valence-corrected chi connectivity index (χ3v) is 2.23. The standard InChI is InChI=1S/C7H9NO2S/c1-5-6(4-11-8-5)2-3-7(9)10/h4H,2-3H2,1H3,(H,9,10). The van der Waals surface area contributed by atoms with Gasteiger partial charge in [-0.15, -0.1) is 0 Å². The molecule has 11 heavy (non-hydrogen) atoms. The summed E-state index contributed by atoms with van der Waals surface area (Å²) in [6.45, 7) is 1.90. The van der Waals surface area contributed by atoms with E-state index in [0.717, 1.165) is 11.3 Å². The molecule has 0 bridgehead atoms. The monoisotopic (exact) mass is 171 g/mol. The minimum atomic E-state index is -0.754. The molecule has 1 aromatic rings. The Hall–Kier alpha value is -0.900. The fourth-order valence-electron chi connectivity index (χ4n) is 0.794. The van der Waals surface area contributed by atoms with Gasteiger partial charge in [0, 0.05) is 11.8 Å². The number of carboxylic acids is 1. The first-order valence-electron chi connectivity index (χ1n) is 3.32. The summed E-state index contributed by atoms with van der Waals surface area (Å²) in [6.07, 6.45) is 0.789. The quantitative estimate of drug-likeness (QED) is 0.749. The first kappa shape index (κ1) is 8.20. The highest BCUT2D eigenvalue weighted by Gasteiger charge is 2.03. The largest absolute Gasteiger partial charge is 0.481 e. The summed E-state index contributed by atoms with van der Waals surface area (Å²) in [7, 11) is 0. The zero-order chi connectivity index (χ0) is 8.27. The molecule has 0 saturated heterocycles. The number of aliphatic carboxylic acids is 1. The van der Waals surface area contributed by atoms with E-state index < -0.39 is 5.97 Å². The van der Waals surface area contributed by atoms with Gasteiger partial charge in [-0.3, -0.25) is 4.79 Å². The number of aryl methyl sites for hydroxylation is 2. The normalized spacial score (nSPS) is 9.91. The summed E-state index contributed by atoms with van der Waals surface area (Å²) in [6, 6.07) is 0. The lowest BCUT2D eigenvalue weighted by Crippen LogP contribution is -1.97. The smallest absolute Gasteiger partial charge is 0.303 e. The van der Waals surface area contributed by atoms with Crippen LogP contribution in [0.1, 0.15) is 17.7 Å². The van der Waals surface area contributed by atoms with Gasteiger partial charge in [-0.05, 0) is 30.4 Å². The Morgan fingerprint density at radius 3 is 3.00 bits per heavy atom. The minimum Gasteiger partial charge on any atom is -0.481 e. The van der Waals surface area contributed by atoms with Gasteiger partial charge in [0.15, 0.2) is 0 Å². The molecular weight excluding hydrogens is 162 g/mol. The fraction of sp³-hybridized carbons (Fsp3) is 0.429. The van der Waals surface area contributed by atoms with E-state index in [1.165, 1.54) is 11.5 Å². The van der Waals surface area contributed by atoms with Crippen LogP contribution < -0.4 is 0 Å². The third-order valence-electron chi connectivity index (χ3n) is 1.46. The van der Waals surface area contributed by atoms with Crippen molar-refractivity contribution in [3.8, 4) is 0 Å². The SMILES string of the molecule is Cc1nscc1CCC(=O)O. The highest BCUT2D eigenvalue weighted by atomic mass is 32.1. The van der Waals surface area contributed by atoms with E-state index in [1.807, 2.05) is 12.3 Å². The zero-order valence-corrected chi connectivity index (χ0v) is 7.02. The van der Waals surface area contributed by atoms with E-state index >= 15 is 0 Å². The molecule has 0 fully saturated rings. The van der Waals surface area contributed by atoms with Crippen molar-refractivity contribution in [1.29, 1.82) is 0 Å². The van der Waals surface area contributed by atoms with Crippen LogP contribution in [-0.2, 0) is 11.2 Å². The number of aromatic nitrogens is 1. The van der Waals surface area contributed by atoms with Crippen molar-refractivity contribution >= 4 is 17.5 Å². The van der Waals surface area contributed by atoms with Crippen molar-refractivity contribution in [1.82, 2.24) is 4.37 Å². The summed E-state index contributed by atoms with van der Waals surface area (Å²) in [5.74, 6) is -0.754. The van der Waals surface area contributed by atoms with Gasteiger partial charge in [0.05, 0.1) is 5.69 Å². The van der Waals surface area contributed by atoms with Crippen molar-refractivity contribution in [2.24, 2.45) is 0 Å². The van der Waals surface area contributed by atoms with Gasteiger partial charge in [0.25, 0.3) is 0 Å². The Bertz CT molecular complexity index is 257. The molecule has 60 valence electrons. The Labute approximate surface area is 68.8 Å². The van der Waals surface area contributed by atoms with Crippen LogP contribution in [0.15, 0.2) is 5.38 Å². The molecule has 0 aliphatic carbocycles. The lowest BCUT2D eigenvalue weighted by Gasteiger charge is -1.93. The number of rotatable bonds is 3. The van der Waals surface area contributed by atoms with Crippen LogP contribution in [0.25, 0.3) is 0 Å². The van der Waals surface area contributed by atoms with Gasteiger partial charge < -0.3 is 5.11 Å². The van der Waals surface area contributed by atoms with E-state index in [-0.39, 0.29) is 6.42 Å². The molecule has 0 atom stereocenters. The maximum atomic E-state index is 10.2. The van der Waals surface area contributed by atoms with Crippen LogP contribution in [0.2, 0.25) is 0 Å². The number of hydrogen-bond acceptors (Lipinski definition) is 3. The summed E-state index contributed by atoms with van der Waals surface area (Å²) in [5.41, 5.74) is 2.01. The topological polar surface area (TPSA) is 50.2 Å². The Morgan fingerprint density at radius 2 is 2.55 bits per heavy atom. The van der Waals surface area contributed by atoms with Crippen molar-refractivity contribution in [3.63, 3.8) is 0 Å². The van der Waals surface area contributed by atoms with E-state index in [0.29, 0.717) is 6.42 Å². The van der Waals surface area contributed by atoms with Crippen LogP contribution >= 0.6 is 11.5 Å². The molecule has 0 amide bonds. The van der Waals surface area contributed by atoms with E-state index in [2.05, 4.69) is 4.37 Å². The van der Waals surface area contributed by atoms with Crippen molar-refractivity contribution < 1.29 is 9.90 Å². The maximum Gasteiger partial charge on any atom is 0.303 e. The molecule has 0 aliphatic rings. The molecule has 1 rings (SSSR count). The lowest BCUT2D eigenvalue weighted by molar-refractivity contribution is -0.136. The average molecular weight is 171 g/mol. The number of hydrogen-bond donors (Lipinski definition) is 1. The van der Waals surface area contributed by atoms with Crippen molar-refractivity contribution in [3.05, 3.63) is 16.6 Å². The fourth-order valence-corrected chi connectivity index (χ4v) is 1.54. The van der Waals surface area contributed by atoms with E-state index in [4.69, 9.17) is 5.11 Å². The van der Waals surface area contributed by atoms with Crippen LogP contribution in [-0.4, -0.2) is 15.4 Å². The molecule has 0 radical (unpaired) electrons. The molecule has 4 heteroatoms. The highest BCUT2D eigenvalue weighted by Crippen LogP contribution is 2.10. The molecule has 0 saturated carbocycles. The number of carboxylic acid groups (broad SMARTS) is 1. The Morgan fingerprint density at radius 1 is 1.82 bits per heavy atom. The highest BCUT2D eigenvalue weighted by molar-refractivity contribution is 7.03. The summed E-state index contributed by atoms with van der Waals surface area (Å²) < 4.78 is 4.04. The van der Waals surface area contributed by atoms with Crippen molar-refractivity contribution in [2.45, 2.75) is 19.8 Å². The van der Waals surface area contributed by atoms with Crippen LogP contribution in [0, 0.1) is 6.92 Å². The van der Waals surface area contributed by atoms with Crippen LogP contribution in [0.3, 0.4) is 0 Å². The summed E-state index contributed by atoms with van der Waals surface area (Å²) in [5, 5.41) is 10.3. The second-order valence-corrected chi connectivity index (χ2v) is 2.95. The first-order valence-corrected chi connectivity index (χ1v) is 4.15. The number of nitrogens with zero attached hydrogens (tertiary/aromatic N) is 1. The predicted molar refractivity (Wildman–Crippen MR) is 42.8 cm³/mol. The van der Waals surface area contributed by atoms with Gasteiger partial charge in [0.1, 0.15) is 0 Å². The molecule has 1 N–H and O–H groups in total. The molecule has 0 unspecified atom stereocenters. The van der Waals surface area contributed by atoms with E-state index in [1.54, 1.807) is 0 Å². The molecule has 1 heterocycles. The van der Waals surface area contributed by atoms with Crippen LogP contribution in [0.5, 0.6) is 0 Å². The van der Waals surface area contributed by atoms with Gasteiger partial charge in [-0.1, -0.05) is 0 Å². The van der Waals surface area contributed by atoms with Crippen LogP contribution in [0.4, 0.5) is 0 Å².